The number of rotatable bonds is 8. The Labute approximate surface area is 135 Å². The van der Waals surface area contributed by atoms with E-state index in [4.69, 9.17) is 4.74 Å². The Morgan fingerprint density at radius 2 is 2.13 bits per heavy atom. The predicted octanol–water partition coefficient (Wildman–Crippen LogP) is 1.44. The van der Waals surface area contributed by atoms with Crippen molar-refractivity contribution in [3.05, 3.63) is 42.0 Å². The van der Waals surface area contributed by atoms with Gasteiger partial charge >= 0.3 is 0 Å². The smallest absolute Gasteiger partial charge is 0.220 e. The lowest BCUT2D eigenvalue weighted by molar-refractivity contribution is -0.121. The molecule has 124 valence electrons. The summed E-state index contributed by atoms with van der Waals surface area (Å²) in [6, 6.07) is 6.64. The minimum absolute atomic E-state index is 0.0492. The maximum absolute atomic E-state index is 12.1. The molecule has 1 atom stereocenters. The molecule has 1 aromatic heterocycles. The minimum Gasteiger partial charge on any atom is -0.508 e. The second-order valence-corrected chi connectivity index (χ2v) is 5.33. The number of benzene rings is 1. The summed E-state index contributed by atoms with van der Waals surface area (Å²) in [7, 11) is 1.64. The first-order valence-electron chi connectivity index (χ1n) is 7.54. The van der Waals surface area contributed by atoms with Crippen LogP contribution in [0.3, 0.4) is 0 Å². The third-order valence-corrected chi connectivity index (χ3v) is 3.52. The van der Waals surface area contributed by atoms with E-state index in [0.717, 1.165) is 5.56 Å². The third kappa shape index (κ3) is 5.07. The molecule has 0 spiro atoms. The zero-order chi connectivity index (χ0) is 16.7. The second kappa shape index (κ2) is 8.28. The van der Waals surface area contributed by atoms with Gasteiger partial charge < -0.3 is 19.7 Å². The molecule has 0 radical (unpaired) electrons. The van der Waals surface area contributed by atoms with Crippen LogP contribution in [0.25, 0.3) is 0 Å². The normalized spacial score (nSPS) is 12.1. The van der Waals surface area contributed by atoms with Crippen LogP contribution in [-0.4, -0.2) is 39.5 Å². The van der Waals surface area contributed by atoms with Crippen LogP contribution >= 0.6 is 0 Å². The van der Waals surface area contributed by atoms with Gasteiger partial charge in [-0.15, -0.1) is 10.2 Å². The van der Waals surface area contributed by atoms with Crippen LogP contribution in [0, 0.1) is 0 Å². The summed E-state index contributed by atoms with van der Waals surface area (Å²) in [5, 5.41) is 20.1. The standard InChI is InChI=1S/C16H22N4O3/c1-12(16-19-17-11-20(16)9-10-23-2)18-15(22)8-5-13-3-6-14(21)7-4-13/h3-4,6-7,11-12,21H,5,8-10H2,1-2H3,(H,18,22)/t12-/m1/s1. The monoisotopic (exact) mass is 318 g/mol. The number of hydrogen-bond donors (Lipinski definition) is 2. The van der Waals surface area contributed by atoms with Gasteiger partial charge in [-0.1, -0.05) is 12.1 Å². The number of carbonyl (C=O) groups excluding carboxylic acids is 1. The molecule has 0 bridgehead atoms. The first kappa shape index (κ1) is 17.0. The summed E-state index contributed by atoms with van der Waals surface area (Å²) >= 11 is 0. The fourth-order valence-electron chi connectivity index (χ4n) is 2.26. The number of nitrogens with one attached hydrogen (secondary N) is 1. The maximum atomic E-state index is 12.1. The molecule has 7 nitrogen and oxygen atoms in total. The molecule has 0 fully saturated rings. The molecule has 2 aromatic rings. The molecular weight excluding hydrogens is 296 g/mol. The Morgan fingerprint density at radius 3 is 2.83 bits per heavy atom. The predicted molar refractivity (Wildman–Crippen MR) is 84.9 cm³/mol. The van der Waals surface area contributed by atoms with E-state index in [1.165, 1.54) is 0 Å². The number of amides is 1. The first-order valence-corrected chi connectivity index (χ1v) is 7.54. The van der Waals surface area contributed by atoms with Gasteiger partial charge in [0, 0.05) is 20.1 Å². The van der Waals surface area contributed by atoms with E-state index in [2.05, 4.69) is 15.5 Å². The molecule has 1 aromatic carbocycles. The molecule has 0 unspecified atom stereocenters. The molecule has 0 aliphatic carbocycles. The van der Waals surface area contributed by atoms with E-state index in [-0.39, 0.29) is 17.7 Å². The molecule has 7 heteroatoms. The fourth-order valence-corrected chi connectivity index (χ4v) is 2.26. The molecule has 0 aliphatic heterocycles. The zero-order valence-electron chi connectivity index (χ0n) is 13.4. The van der Waals surface area contributed by atoms with E-state index >= 15 is 0 Å². The summed E-state index contributed by atoms with van der Waals surface area (Å²) < 4.78 is 6.91. The lowest BCUT2D eigenvalue weighted by Crippen LogP contribution is -2.29. The van der Waals surface area contributed by atoms with Crippen LogP contribution in [0.15, 0.2) is 30.6 Å². The third-order valence-electron chi connectivity index (χ3n) is 3.52. The first-order chi connectivity index (χ1) is 11.1. The van der Waals surface area contributed by atoms with Crippen molar-refractivity contribution in [1.29, 1.82) is 0 Å². The van der Waals surface area contributed by atoms with Crippen molar-refractivity contribution >= 4 is 5.91 Å². The lowest BCUT2D eigenvalue weighted by atomic mass is 10.1. The number of aromatic nitrogens is 3. The largest absolute Gasteiger partial charge is 0.508 e. The van der Waals surface area contributed by atoms with Crippen molar-refractivity contribution in [2.45, 2.75) is 32.4 Å². The van der Waals surface area contributed by atoms with Crippen molar-refractivity contribution in [1.82, 2.24) is 20.1 Å². The van der Waals surface area contributed by atoms with Crippen molar-refractivity contribution in [3.8, 4) is 5.75 Å². The van der Waals surface area contributed by atoms with Crippen molar-refractivity contribution < 1.29 is 14.6 Å². The van der Waals surface area contributed by atoms with Crippen LogP contribution in [0.4, 0.5) is 0 Å². The molecule has 0 aliphatic rings. The number of hydrogen-bond acceptors (Lipinski definition) is 5. The molecule has 1 amide bonds. The number of aromatic hydroxyl groups is 1. The number of phenols is 1. The summed E-state index contributed by atoms with van der Waals surface area (Å²) in [4.78, 5) is 12.1. The van der Waals surface area contributed by atoms with E-state index in [9.17, 15) is 9.90 Å². The van der Waals surface area contributed by atoms with Crippen LogP contribution in [0.5, 0.6) is 5.75 Å². The Kier molecular flexibility index (Phi) is 6.10. The van der Waals surface area contributed by atoms with Gasteiger partial charge in [-0.25, -0.2) is 0 Å². The van der Waals surface area contributed by atoms with Gasteiger partial charge in [0.05, 0.1) is 12.6 Å². The van der Waals surface area contributed by atoms with E-state index < -0.39 is 0 Å². The number of carbonyl (C=O) groups is 1. The van der Waals surface area contributed by atoms with Crippen LogP contribution < -0.4 is 5.32 Å². The minimum atomic E-state index is -0.221. The molecule has 2 N–H and O–H groups in total. The summed E-state index contributed by atoms with van der Waals surface area (Å²) in [5.41, 5.74) is 1.01. The van der Waals surface area contributed by atoms with E-state index in [1.54, 1.807) is 25.6 Å². The topological polar surface area (TPSA) is 89.3 Å². The van der Waals surface area contributed by atoms with Gasteiger partial charge in [0.2, 0.25) is 5.91 Å². The Balaban J connectivity index is 1.84. The number of ether oxygens (including phenoxy) is 1. The molecule has 1 heterocycles. The molecule has 2 rings (SSSR count). The Bertz CT molecular complexity index is 625. The highest BCUT2D eigenvalue weighted by atomic mass is 16.5. The summed E-state index contributed by atoms with van der Waals surface area (Å²) in [6.45, 7) is 3.09. The number of aryl methyl sites for hydroxylation is 1. The maximum Gasteiger partial charge on any atom is 0.220 e. The van der Waals surface area contributed by atoms with Crippen LogP contribution in [-0.2, 0) is 22.5 Å². The van der Waals surface area contributed by atoms with Gasteiger partial charge in [0.25, 0.3) is 0 Å². The Hall–Kier alpha value is -2.41. The molecule has 0 saturated heterocycles. The highest BCUT2D eigenvalue weighted by Crippen LogP contribution is 2.12. The average Bonchev–Trinajstić information content (AvgIpc) is 3.01. The lowest BCUT2D eigenvalue weighted by Gasteiger charge is -2.14. The van der Waals surface area contributed by atoms with Gasteiger partial charge in [-0.05, 0) is 31.0 Å². The molecular formula is C16H22N4O3. The highest BCUT2D eigenvalue weighted by molar-refractivity contribution is 5.76. The number of phenolic OH excluding ortho intramolecular Hbond substituents is 1. The van der Waals surface area contributed by atoms with Crippen molar-refractivity contribution in [2.24, 2.45) is 0 Å². The number of methoxy groups -OCH3 is 1. The van der Waals surface area contributed by atoms with Crippen molar-refractivity contribution in [2.75, 3.05) is 13.7 Å². The van der Waals surface area contributed by atoms with Gasteiger partial charge in [-0.2, -0.15) is 0 Å². The second-order valence-electron chi connectivity index (χ2n) is 5.33. The number of nitrogens with zero attached hydrogens (tertiary/aromatic N) is 3. The molecule has 0 saturated carbocycles. The quantitative estimate of drug-likeness (QED) is 0.769. The Morgan fingerprint density at radius 1 is 1.39 bits per heavy atom. The van der Waals surface area contributed by atoms with Gasteiger partial charge in [-0.3, -0.25) is 4.79 Å². The highest BCUT2D eigenvalue weighted by Gasteiger charge is 2.15. The zero-order valence-corrected chi connectivity index (χ0v) is 13.4. The van der Waals surface area contributed by atoms with E-state index in [1.807, 2.05) is 23.6 Å². The average molecular weight is 318 g/mol. The summed E-state index contributed by atoms with van der Waals surface area (Å²) in [6.07, 6.45) is 2.63. The van der Waals surface area contributed by atoms with E-state index in [0.29, 0.717) is 31.8 Å². The summed E-state index contributed by atoms with van der Waals surface area (Å²) in [5.74, 6) is 0.883. The van der Waals surface area contributed by atoms with Crippen LogP contribution in [0.2, 0.25) is 0 Å². The van der Waals surface area contributed by atoms with Crippen molar-refractivity contribution in [3.63, 3.8) is 0 Å². The van der Waals surface area contributed by atoms with Gasteiger partial charge in [0.1, 0.15) is 12.1 Å². The van der Waals surface area contributed by atoms with Gasteiger partial charge in [0.15, 0.2) is 5.82 Å². The SMILES string of the molecule is COCCn1cnnc1[C@@H](C)NC(=O)CCc1ccc(O)cc1. The molecule has 23 heavy (non-hydrogen) atoms. The fraction of sp³-hybridized carbons (Fsp3) is 0.438. The van der Waals surface area contributed by atoms with Crippen LogP contribution in [0.1, 0.15) is 30.8 Å².